The van der Waals surface area contributed by atoms with Crippen LogP contribution in [0.1, 0.15) is 11.1 Å². The van der Waals surface area contributed by atoms with Crippen LogP contribution in [0.4, 0.5) is 10.1 Å². The predicted molar refractivity (Wildman–Crippen MR) is 90.0 cm³/mol. The van der Waals surface area contributed by atoms with Gasteiger partial charge in [0.2, 0.25) is 4.90 Å². The van der Waals surface area contributed by atoms with Gasteiger partial charge < -0.3 is 20.5 Å². The first-order valence-corrected chi connectivity index (χ1v) is 8.45. The summed E-state index contributed by atoms with van der Waals surface area (Å²) in [5.41, 5.74) is 5.36. The Morgan fingerprint density at radius 1 is 1.27 bits per heavy atom. The Morgan fingerprint density at radius 3 is 2.38 bits per heavy atom. The summed E-state index contributed by atoms with van der Waals surface area (Å²) in [7, 11) is 0. The Kier molecular flexibility index (Phi) is 6.14. The molecule has 0 bridgehead atoms. The van der Waals surface area contributed by atoms with Crippen molar-refractivity contribution >= 4 is 22.8 Å². The fourth-order valence-electron chi connectivity index (χ4n) is 2.33. The zero-order valence-corrected chi connectivity index (χ0v) is 14.1. The average molecular weight is 382 g/mol. The number of nitrogens with two attached hydrogens (primary N) is 1. The van der Waals surface area contributed by atoms with Crippen LogP contribution in [0.5, 0.6) is 5.75 Å². The van der Waals surface area contributed by atoms with Crippen molar-refractivity contribution in [3.63, 3.8) is 0 Å². The van der Waals surface area contributed by atoms with Gasteiger partial charge >= 0.3 is 5.97 Å². The molecule has 138 valence electrons. The first-order chi connectivity index (χ1) is 12.3. The van der Waals surface area contributed by atoms with Crippen LogP contribution in [-0.2, 0) is 29.1 Å². The van der Waals surface area contributed by atoms with Crippen LogP contribution in [0, 0.1) is 10.1 Å². The van der Waals surface area contributed by atoms with E-state index in [9.17, 15) is 29.0 Å². The highest BCUT2D eigenvalue weighted by molar-refractivity contribution is 7.91. The maximum atomic E-state index is 13.6. The number of hydrogen-bond donors (Lipinski definition) is 3. The molecule has 10 heteroatoms. The normalized spacial score (nSPS) is 13.2. The molecule has 0 radical (unpaired) electrons. The van der Waals surface area contributed by atoms with Crippen LogP contribution in [0.3, 0.4) is 0 Å². The zero-order valence-electron chi connectivity index (χ0n) is 13.3. The first kappa shape index (κ1) is 19.6. The fourth-order valence-corrected chi connectivity index (χ4v) is 3.62. The van der Waals surface area contributed by atoms with Crippen molar-refractivity contribution in [1.82, 2.24) is 0 Å². The largest absolute Gasteiger partial charge is 0.606 e. The number of nitro groups is 1. The van der Waals surface area contributed by atoms with Crippen LogP contribution < -0.4 is 5.73 Å². The van der Waals surface area contributed by atoms with E-state index >= 15 is 0 Å². The zero-order chi connectivity index (χ0) is 19.4. The van der Waals surface area contributed by atoms with Gasteiger partial charge in [-0.15, -0.1) is 0 Å². The second kappa shape index (κ2) is 8.13. The number of carboxylic acid groups (broad SMARTS) is 1. The Balaban J connectivity index is 2.46. The van der Waals surface area contributed by atoms with E-state index in [2.05, 4.69) is 0 Å². The smallest absolute Gasteiger partial charge is 0.320 e. The minimum Gasteiger partial charge on any atom is -0.606 e. The molecule has 1 unspecified atom stereocenters. The molecule has 0 aromatic heterocycles. The molecule has 2 aromatic rings. The highest BCUT2D eigenvalue weighted by Gasteiger charge is 2.28. The molecule has 0 spiro atoms. The average Bonchev–Trinajstić information content (AvgIpc) is 2.62. The molecule has 2 atom stereocenters. The number of nitrogens with zero attached hydrogens (tertiary/aromatic N) is 1. The summed E-state index contributed by atoms with van der Waals surface area (Å²) in [6, 6.07) is 5.99. The molecule has 0 aliphatic carbocycles. The molecule has 4 N–H and O–H groups in total. The van der Waals surface area contributed by atoms with E-state index in [-0.39, 0.29) is 33.0 Å². The van der Waals surface area contributed by atoms with E-state index in [4.69, 9.17) is 10.8 Å². The molecule has 0 saturated carbocycles. The van der Waals surface area contributed by atoms with Crippen molar-refractivity contribution in [2.75, 3.05) is 0 Å². The summed E-state index contributed by atoms with van der Waals surface area (Å²) in [6.07, 6.45) is -0.209. The van der Waals surface area contributed by atoms with Gasteiger partial charge in [-0.1, -0.05) is 6.07 Å². The van der Waals surface area contributed by atoms with Gasteiger partial charge in [-0.2, -0.15) is 0 Å². The molecule has 0 aliphatic heterocycles. The fraction of sp³-hybridized carbons (Fsp3) is 0.188. The molecule has 2 aromatic carbocycles. The summed E-state index contributed by atoms with van der Waals surface area (Å²) in [5.74, 6) is -1.71. The second-order valence-electron chi connectivity index (χ2n) is 5.35. The number of hydrogen-bond acceptors (Lipinski definition) is 6. The van der Waals surface area contributed by atoms with Crippen LogP contribution >= 0.6 is 0 Å². The lowest BCUT2D eigenvalue weighted by Crippen LogP contribution is -2.32. The molecule has 2 rings (SSSR count). The monoisotopic (exact) mass is 382 g/mol. The number of rotatable bonds is 7. The third kappa shape index (κ3) is 4.10. The van der Waals surface area contributed by atoms with Crippen LogP contribution in [0.15, 0.2) is 46.2 Å². The van der Waals surface area contributed by atoms with E-state index in [0.29, 0.717) is 0 Å². The highest BCUT2D eigenvalue weighted by Crippen LogP contribution is 2.35. The second-order valence-corrected chi connectivity index (χ2v) is 6.77. The van der Waals surface area contributed by atoms with Crippen molar-refractivity contribution in [2.45, 2.75) is 28.9 Å². The minimum absolute atomic E-state index is 0.113. The van der Waals surface area contributed by atoms with E-state index in [1.807, 2.05) is 0 Å². The summed E-state index contributed by atoms with van der Waals surface area (Å²) in [6.45, 7) is -1.09. The maximum absolute atomic E-state index is 13.6. The van der Waals surface area contributed by atoms with Gasteiger partial charge in [0.15, 0.2) is 10.6 Å². The lowest BCUT2D eigenvalue weighted by molar-refractivity contribution is -0.384. The molecular formula is C16H15FN2O6S. The molecule has 8 nitrogen and oxygen atoms in total. The molecule has 26 heavy (non-hydrogen) atoms. The van der Waals surface area contributed by atoms with Gasteiger partial charge in [-0.25, -0.2) is 4.39 Å². The summed E-state index contributed by atoms with van der Waals surface area (Å²) in [4.78, 5) is 20.9. The molecular weight excluding hydrogens is 367 g/mol. The first-order valence-electron chi connectivity index (χ1n) is 7.30. The van der Waals surface area contributed by atoms with Gasteiger partial charge in [0.05, 0.1) is 4.92 Å². The number of non-ortho nitro benzene ring substituents is 1. The number of carbonyl (C=O) groups is 1. The molecule has 0 heterocycles. The Bertz CT molecular complexity index is 830. The Morgan fingerprint density at radius 2 is 1.88 bits per heavy atom. The standard InChI is InChI=1S/C16H15FN2O6S/c17-8-12-9(7-13(18)16(21)22)1-6-14(20)15(12)26(25)11-4-2-10(3-5-11)19(23)24/h1-6,13,20H,7-8,18H2,(H,21,22)/t13-,26?/m0/s1. The molecule has 0 fully saturated rings. The van der Waals surface area contributed by atoms with Crippen molar-refractivity contribution < 1.29 is 28.9 Å². The van der Waals surface area contributed by atoms with Crippen molar-refractivity contribution in [3.8, 4) is 5.75 Å². The van der Waals surface area contributed by atoms with Crippen LogP contribution in [-0.4, -0.2) is 31.7 Å². The number of phenolic OH excluding ortho intramolecular Hbond substituents is 1. The van der Waals surface area contributed by atoms with Crippen molar-refractivity contribution in [3.05, 3.63) is 57.6 Å². The van der Waals surface area contributed by atoms with Crippen LogP contribution in [0.25, 0.3) is 0 Å². The molecule has 0 aliphatic rings. The third-order valence-corrected chi connectivity index (χ3v) is 5.20. The number of nitro benzene ring substituents is 1. The van der Waals surface area contributed by atoms with Gasteiger partial charge in [0, 0.05) is 41.0 Å². The molecule has 0 saturated heterocycles. The summed E-state index contributed by atoms with van der Waals surface area (Å²) >= 11 is -2.03. The van der Waals surface area contributed by atoms with E-state index in [1.54, 1.807) is 0 Å². The van der Waals surface area contributed by atoms with Crippen molar-refractivity contribution in [2.24, 2.45) is 5.73 Å². The number of aliphatic carboxylic acids is 1. The number of alkyl halides is 1. The predicted octanol–water partition coefficient (Wildman–Crippen LogP) is 1.89. The number of benzene rings is 2. The summed E-state index contributed by atoms with van der Waals surface area (Å²) < 4.78 is 26.4. The maximum Gasteiger partial charge on any atom is 0.320 e. The van der Waals surface area contributed by atoms with Crippen LogP contribution in [0.2, 0.25) is 0 Å². The topological polar surface area (TPSA) is 150 Å². The Hall–Kier alpha value is -2.69. The Labute approximate surface area is 150 Å². The van der Waals surface area contributed by atoms with E-state index in [0.717, 1.165) is 12.1 Å². The van der Waals surface area contributed by atoms with Gasteiger partial charge in [-0.3, -0.25) is 14.9 Å². The number of halogens is 1. The van der Waals surface area contributed by atoms with E-state index < -0.39 is 40.5 Å². The lowest BCUT2D eigenvalue weighted by Gasteiger charge is -2.17. The third-order valence-electron chi connectivity index (χ3n) is 3.67. The van der Waals surface area contributed by atoms with Gasteiger partial charge in [0.1, 0.15) is 12.7 Å². The van der Waals surface area contributed by atoms with Gasteiger partial charge in [0.25, 0.3) is 5.69 Å². The lowest BCUT2D eigenvalue weighted by atomic mass is 10.0. The quantitative estimate of drug-likeness (QED) is 0.376. The molecule has 0 amide bonds. The minimum atomic E-state index is -2.03. The SMILES string of the molecule is N[C@@H](Cc1ccc(O)c([S+]([O-])c2ccc([N+](=O)[O-])cc2)c1CF)C(=O)O. The number of aromatic hydroxyl groups is 1. The number of carboxylic acids is 1. The summed E-state index contributed by atoms with van der Waals surface area (Å²) in [5, 5.41) is 29.6. The van der Waals surface area contributed by atoms with Gasteiger partial charge in [-0.05, 0) is 18.1 Å². The number of phenols is 1. The van der Waals surface area contributed by atoms with E-state index in [1.165, 1.54) is 24.3 Å². The van der Waals surface area contributed by atoms with Crippen molar-refractivity contribution in [1.29, 1.82) is 0 Å². The highest BCUT2D eigenvalue weighted by atomic mass is 32.2.